The average Bonchev–Trinajstić information content (AvgIpc) is 3.80. The largest absolute Gasteiger partial charge is 0.440 e. The van der Waals surface area contributed by atoms with Gasteiger partial charge in [-0.2, -0.15) is 0 Å². The van der Waals surface area contributed by atoms with Crippen molar-refractivity contribution in [3.8, 4) is 28.7 Å². The lowest BCUT2D eigenvalue weighted by atomic mass is 9.95. The van der Waals surface area contributed by atoms with Gasteiger partial charge in [0.2, 0.25) is 0 Å². The minimum atomic E-state index is -3.59. The predicted molar refractivity (Wildman–Crippen MR) is 197 cm³/mol. The zero-order chi connectivity index (χ0) is 33.6. The molecule has 6 atom stereocenters. The van der Waals surface area contributed by atoms with Gasteiger partial charge in [0.1, 0.15) is 28.7 Å². The first-order chi connectivity index (χ1) is 24.7. The Balaban J connectivity index is 1.30. The van der Waals surface area contributed by atoms with Gasteiger partial charge in [-0.3, -0.25) is 0 Å². The van der Waals surface area contributed by atoms with Crippen molar-refractivity contribution in [3.63, 3.8) is 0 Å². The fourth-order valence-electron chi connectivity index (χ4n) is 6.03. The van der Waals surface area contributed by atoms with Gasteiger partial charge in [0.15, 0.2) is 0 Å². The van der Waals surface area contributed by atoms with Crippen LogP contribution in [-0.2, 0) is 4.52 Å². The van der Waals surface area contributed by atoms with Crippen molar-refractivity contribution in [2.75, 3.05) is 6.61 Å². The van der Waals surface area contributed by atoms with E-state index in [1.165, 1.54) is 0 Å². The third-order valence-electron chi connectivity index (χ3n) is 8.41. The monoisotopic (exact) mass is 723 g/mol. The van der Waals surface area contributed by atoms with Crippen LogP contribution in [0.1, 0.15) is 12.8 Å². The van der Waals surface area contributed by atoms with Gasteiger partial charge in [-0.15, -0.1) is 4.52 Å². The fourth-order valence-corrected chi connectivity index (χ4v) is 13.7. The third-order valence-corrected chi connectivity index (χ3v) is 15.3. The maximum Gasteiger partial charge on any atom is 0.392 e. The fraction of sp³-hybridized carbons (Fsp3) is 0.158. The highest BCUT2D eigenvalue weighted by molar-refractivity contribution is 7.78. The van der Waals surface area contributed by atoms with E-state index in [1.807, 2.05) is 152 Å². The van der Waals surface area contributed by atoms with Crippen LogP contribution in [-0.4, -0.2) is 15.8 Å². The van der Waals surface area contributed by atoms with E-state index in [2.05, 4.69) is 12.2 Å². The zero-order valence-electron chi connectivity index (χ0n) is 27.1. The van der Waals surface area contributed by atoms with E-state index >= 15 is 0 Å². The molecule has 0 N–H and O–H groups in total. The predicted octanol–water partition coefficient (Wildman–Crippen LogP) is 11.5. The molecule has 5 aromatic carbocycles. The summed E-state index contributed by atoms with van der Waals surface area (Å²) in [5.41, 5.74) is 0. The molecular formula is C38H36N3O6P3. The van der Waals surface area contributed by atoms with Crippen LogP contribution in [0.25, 0.3) is 0 Å². The molecule has 0 spiro atoms. The molecule has 0 radical (unpaired) electrons. The van der Waals surface area contributed by atoms with E-state index in [9.17, 15) is 0 Å². The number of rotatable bonds is 13. The van der Waals surface area contributed by atoms with E-state index in [1.54, 1.807) is 9.21 Å². The van der Waals surface area contributed by atoms with Gasteiger partial charge in [-0.25, -0.2) is 0 Å². The minimum absolute atomic E-state index is 0.316. The molecule has 5 unspecified atom stereocenters. The van der Waals surface area contributed by atoms with Gasteiger partial charge in [0, 0.05) is 9.21 Å². The van der Waals surface area contributed by atoms with Crippen LogP contribution in [0, 0.1) is 17.8 Å². The number of para-hydroxylation sites is 5. The molecule has 2 aliphatic carbocycles. The molecule has 5 aromatic rings. The summed E-state index contributed by atoms with van der Waals surface area (Å²) in [5.74, 6) is 4.30. The minimum Gasteiger partial charge on any atom is -0.440 e. The summed E-state index contributed by atoms with van der Waals surface area (Å²) in [4.78, 5) is 13.5. The second-order valence-corrected chi connectivity index (χ2v) is 17.5. The maximum atomic E-state index is 7.11. The van der Waals surface area contributed by atoms with Crippen molar-refractivity contribution in [1.82, 2.24) is 9.21 Å². The van der Waals surface area contributed by atoms with Gasteiger partial charge in [0.05, 0.1) is 6.61 Å². The normalized spacial score (nSPS) is 25.8. The number of allylic oxidation sites excluding steroid dienone is 2. The quantitative estimate of drug-likeness (QED) is 0.0878. The van der Waals surface area contributed by atoms with Crippen LogP contribution in [0.5, 0.6) is 28.7 Å². The molecule has 254 valence electrons. The number of hydrogen-bond acceptors (Lipinski definition) is 9. The Bertz CT molecular complexity index is 1910. The summed E-state index contributed by atoms with van der Waals surface area (Å²) >= 11 is 0. The van der Waals surface area contributed by atoms with Crippen molar-refractivity contribution in [2.24, 2.45) is 22.3 Å². The molecule has 3 aliphatic rings. The lowest BCUT2D eigenvalue weighted by Gasteiger charge is -2.44. The molecule has 1 heterocycles. The second-order valence-electron chi connectivity index (χ2n) is 11.9. The Hall–Kier alpha value is -4.19. The lowest BCUT2D eigenvalue weighted by molar-refractivity contribution is 0.0448. The van der Waals surface area contributed by atoms with Crippen LogP contribution in [0.2, 0.25) is 0 Å². The summed E-state index contributed by atoms with van der Waals surface area (Å²) < 4.78 is 36.5. The van der Waals surface area contributed by atoms with Crippen molar-refractivity contribution < 1.29 is 27.8 Å². The third kappa shape index (κ3) is 7.60. The molecule has 2 bridgehead atoms. The van der Waals surface area contributed by atoms with Crippen LogP contribution in [0.15, 0.2) is 168 Å². The SMILES string of the molecule is C1=C[C@H]2CC1C(COP1(Oc3ccccc3)=NP(Oc3ccccc3)N(Oc3ccccc3)P(Oc3ccccc3)N1Oc1ccccc1)C2. The van der Waals surface area contributed by atoms with E-state index < -0.39 is 24.6 Å². The zero-order valence-corrected chi connectivity index (χ0v) is 29.8. The summed E-state index contributed by atoms with van der Waals surface area (Å²) in [6.07, 6.45) is 6.86. The summed E-state index contributed by atoms with van der Waals surface area (Å²) in [7, 11) is -7.63. The highest BCUT2D eigenvalue weighted by atomic mass is 31.3. The summed E-state index contributed by atoms with van der Waals surface area (Å²) in [6.45, 7) is 0.423. The molecule has 1 fully saturated rings. The molecule has 8 rings (SSSR count). The van der Waals surface area contributed by atoms with E-state index in [0.29, 0.717) is 53.1 Å². The van der Waals surface area contributed by atoms with Crippen LogP contribution in [0.4, 0.5) is 0 Å². The smallest absolute Gasteiger partial charge is 0.392 e. The average molecular weight is 724 g/mol. The molecule has 0 aromatic heterocycles. The first-order valence-corrected chi connectivity index (χ1v) is 20.4. The Kier molecular flexibility index (Phi) is 10.1. The maximum absolute atomic E-state index is 7.11. The molecule has 12 heteroatoms. The van der Waals surface area contributed by atoms with Crippen molar-refractivity contribution >= 4 is 24.6 Å². The van der Waals surface area contributed by atoms with E-state index in [4.69, 9.17) is 32.3 Å². The number of nitrogens with zero attached hydrogens (tertiary/aromatic N) is 3. The molecule has 0 saturated heterocycles. The standard InChI is InChI=1S/C38H36N3O6P3/c1-6-16-34(17-7-1)43-40-48(45-36-20-10-3-11-21-36)39-50(47-38-24-14-5-15-25-38,42-30-33-29-31-26-27-32(33)28-31)41(44-35-18-8-2-9-19-35)49(40)46-37-22-12-4-13-23-37/h1-27,31-33H,28-30H2/t31-,32?,33?,48?,49?,50?/m0/s1. The molecule has 50 heavy (non-hydrogen) atoms. The molecule has 0 amide bonds. The number of hydrogen-bond donors (Lipinski definition) is 0. The summed E-state index contributed by atoms with van der Waals surface area (Å²) in [6, 6.07) is 47.8. The van der Waals surface area contributed by atoms with Gasteiger partial charge in [-0.05, 0) is 91.3 Å². The molecule has 1 aliphatic heterocycles. The van der Waals surface area contributed by atoms with Crippen molar-refractivity contribution in [2.45, 2.75) is 12.8 Å². The summed E-state index contributed by atoms with van der Waals surface area (Å²) in [5, 5.41) is 0. The van der Waals surface area contributed by atoms with Crippen molar-refractivity contribution in [1.29, 1.82) is 0 Å². The molecule has 1 saturated carbocycles. The van der Waals surface area contributed by atoms with Crippen LogP contribution < -0.4 is 23.2 Å². The van der Waals surface area contributed by atoms with Crippen molar-refractivity contribution in [3.05, 3.63) is 164 Å². The highest BCUT2D eigenvalue weighted by Crippen LogP contribution is 2.78. The molecular weight excluding hydrogens is 687 g/mol. The van der Waals surface area contributed by atoms with Crippen LogP contribution >= 0.6 is 24.6 Å². The Morgan fingerprint density at radius 1 is 0.580 bits per heavy atom. The van der Waals surface area contributed by atoms with E-state index in [-0.39, 0.29) is 0 Å². The highest BCUT2D eigenvalue weighted by Gasteiger charge is 2.57. The second kappa shape index (κ2) is 15.4. The Morgan fingerprint density at radius 2 is 1.10 bits per heavy atom. The van der Waals surface area contributed by atoms with Gasteiger partial charge < -0.3 is 27.8 Å². The Morgan fingerprint density at radius 3 is 1.64 bits per heavy atom. The molecule has 9 nitrogen and oxygen atoms in total. The number of fused-ring (bicyclic) bond motifs is 2. The van der Waals surface area contributed by atoms with E-state index in [0.717, 1.165) is 12.8 Å². The van der Waals surface area contributed by atoms with Gasteiger partial charge >= 0.3 is 24.6 Å². The number of benzene rings is 5. The van der Waals surface area contributed by atoms with Gasteiger partial charge in [-0.1, -0.05) is 103 Å². The topological polar surface area (TPSA) is 74.2 Å². The first kappa shape index (κ1) is 33.0. The Labute approximate surface area is 295 Å². The van der Waals surface area contributed by atoms with Gasteiger partial charge in [0.25, 0.3) is 0 Å². The lowest BCUT2D eigenvalue weighted by Crippen LogP contribution is -2.37. The first-order valence-electron chi connectivity index (χ1n) is 16.5. The van der Waals surface area contributed by atoms with Crippen LogP contribution in [0.3, 0.4) is 0 Å².